The summed E-state index contributed by atoms with van der Waals surface area (Å²) in [6, 6.07) is 3.39. The van der Waals surface area contributed by atoms with Gasteiger partial charge in [0.1, 0.15) is 17.4 Å². The summed E-state index contributed by atoms with van der Waals surface area (Å²) in [4.78, 5) is 40.7. The number of phenols is 1. The van der Waals surface area contributed by atoms with Crippen molar-refractivity contribution in [1.82, 2.24) is 4.90 Å². The van der Waals surface area contributed by atoms with E-state index >= 15 is 0 Å². The molecule has 1 amide bonds. The van der Waals surface area contributed by atoms with Crippen LogP contribution in [0.1, 0.15) is 41.6 Å². The first-order chi connectivity index (χ1) is 16.5. The van der Waals surface area contributed by atoms with Crippen molar-refractivity contribution >= 4 is 23.2 Å². The number of likely N-dealkylation sites (tertiary alicyclic amines) is 1. The van der Waals surface area contributed by atoms with Crippen molar-refractivity contribution < 1.29 is 34.8 Å². The molecule has 0 spiro atoms. The van der Waals surface area contributed by atoms with E-state index < -0.39 is 52.7 Å². The highest BCUT2D eigenvalue weighted by Gasteiger charge is 2.62. The summed E-state index contributed by atoms with van der Waals surface area (Å²) >= 11 is 0. The molecule has 35 heavy (non-hydrogen) atoms. The Kier molecular flexibility index (Phi) is 5.65. The fraction of sp³-hybridized carbons (Fsp3) is 0.560. The number of aromatic hydroxyl groups is 1. The zero-order valence-corrected chi connectivity index (χ0v) is 19.5. The van der Waals surface area contributed by atoms with Gasteiger partial charge >= 0.3 is 0 Å². The highest BCUT2D eigenvalue weighted by molar-refractivity contribution is 6.16. The van der Waals surface area contributed by atoms with Crippen molar-refractivity contribution in [1.29, 1.82) is 0 Å². The molecule has 5 atom stereocenters. The predicted molar refractivity (Wildman–Crippen MR) is 125 cm³/mol. The minimum Gasteiger partial charge on any atom is -0.508 e. The Bertz CT molecular complexity index is 1140. The van der Waals surface area contributed by atoms with Crippen LogP contribution < -0.4 is 11.1 Å². The molecule has 3 aliphatic carbocycles. The minimum atomic E-state index is -2.49. The van der Waals surface area contributed by atoms with Crippen LogP contribution in [-0.4, -0.2) is 80.7 Å². The van der Waals surface area contributed by atoms with Gasteiger partial charge in [0.2, 0.25) is 5.91 Å². The van der Waals surface area contributed by atoms with E-state index in [-0.39, 0.29) is 35.8 Å². The van der Waals surface area contributed by atoms with E-state index in [4.69, 9.17) is 5.73 Å². The standard InChI is InChI=1S/C25H31N3O7/c1-28-6-4-13(5-7-28)27-15-2-3-16(29)19-14(15)9-11-8-12-10-17(30)20(24(26)34)23(33)25(12,35)22(32)18(11)21(19)31/h2-3,11-13,17,20,27,29-30,32,35H,4-10H2,1H3,(H2,26,34)/t11-,12+,17?,20?,25+/m1/s1. The number of benzene rings is 1. The van der Waals surface area contributed by atoms with E-state index in [2.05, 4.69) is 17.3 Å². The molecule has 1 aromatic carbocycles. The van der Waals surface area contributed by atoms with Crippen molar-refractivity contribution in [2.45, 2.75) is 49.9 Å². The third kappa shape index (κ3) is 3.54. The molecule has 1 saturated carbocycles. The summed E-state index contributed by atoms with van der Waals surface area (Å²) < 4.78 is 0. The third-order valence-corrected chi connectivity index (χ3v) is 8.35. The van der Waals surface area contributed by atoms with Crippen molar-refractivity contribution in [3.05, 3.63) is 34.6 Å². The number of aliphatic hydroxyl groups excluding tert-OH is 2. The maximum Gasteiger partial charge on any atom is 0.230 e. The maximum absolute atomic E-state index is 13.6. The van der Waals surface area contributed by atoms with Crippen LogP contribution in [0.4, 0.5) is 5.69 Å². The molecular weight excluding hydrogens is 454 g/mol. The minimum absolute atomic E-state index is 0.0394. The Morgan fingerprint density at radius 1 is 1.17 bits per heavy atom. The lowest BCUT2D eigenvalue weighted by molar-refractivity contribution is -0.167. The largest absolute Gasteiger partial charge is 0.508 e. The monoisotopic (exact) mass is 485 g/mol. The quantitative estimate of drug-likeness (QED) is 0.259. The zero-order valence-electron chi connectivity index (χ0n) is 19.5. The van der Waals surface area contributed by atoms with Gasteiger partial charge in [0, 0.05) is 23.2 Å². The number of Topliss-reactive ketones (excluding diaryl/α,β-unsaturated/α-hetero) is 2. The van der Waals surface area contributed by atoms with Crippen molar-refractivity contribution in [3.63, 3.8) is 0 Å². The van der Waals surface area contributed by atoms with E-state index in [9.17, 15) is 34.8 Å². The van der Waals surface area contributed by atoms with E-state index in [1.807, 2.05) is 0 Å². The van der Waals surface area contributed by atoms with Crippen LogP contribution in [0, 0.1) is 17.8 Å². The second kappa shape index (κ2) is 8.32. The van der Waals surface area contributed by atoms with E-state index in [1.165, 1.54) is 6.07 Å². The molecule has 10 nitrogen and oxygen atoms in total. The lowest BCUT2D eigenvalue weighted by Crippen LogP contribution is -2.63. The molecule has 10 heteroatoms. The molecule has 1 aliphatic heterocycles. The fourth-order valence-electron chi connectivity index (χ4n) is 6.44. The van der Waals surface area contributed by atoms with Gasteiger partial charge in [-0.15, -0.1) is 0 Å². The highest BCUT2D eigenvalue weighted by atomic mass is 16.3. The lowest BCUT2D eigenvalue weighted by Gasteiger charge is -2.48. The molecule has 0 radical (unpaired) electrons. The number of carbonyl (C=O) groups is 3. The summed E-state index contributed by atoms with van der Waals surface area (Å²) in [5.74, 6) is -6.98. The van der Waals surface area contributed by atoms with Crippen LogP contribution in [0.25, 0.3) is 0 Å². The average Bonchev–Trinajstić information content (AvgIpc) is 2.79. The molecule has 5 rings (SSSR count). The number of fused-ring (bicyclic) bond motifs is 3. The molecule has 2 fully saturated rings. The summed E-state index contributed by atoms with van der Waals surface area (Å²) in [6.45, 7) is 1.90. The van der Waals surface area contributed by atoms with Crippen molar-refractivity contribution in [3.8, 4) is 5.75 Å². The summed E-state index contributed by atoms with van der Waals surface area (Å²) in [5, 5.41) is 46.9. The van der Waals surface area contributed by atoms with E-state index in [0.717, 1.165) is 31.6 Å². The molecule has 2 unspecified atom stereocenters. The molecule has 0 aromatic heterocycles. The van der Waals surface area contributed by atoms with Crippen molar-refractivity contribution in [2.75, 3.05) is 25.5 Å². The second-order valence-corrected chi connectivity index (χ2v) is 10.4. The van der Waals surface area contributed by atoms with Crippen LogP contribution in [-0.2, 0) is 16.0 Å². The Hall–Kier alpha value is -2.95. The summed E-state index contributed by atoms with van der Waals surface area (Å²) in [5.41, 5.74) is 4.08. The topological polar surface area (TPSA) is 173 Å². The zero-order chi connectivity index (χ0) is 25.2. The molecule has 4 aliphatic rings. The van der Waals surface area contributed by atoms with Gasteiger partial charge in [-0.3, -0.25) is 14.4 Å². The number of ketones is 2. The number of nitrogens with two attached hydrogens (primary N) is 1. The van der Waals surface area contributed by atoms with Gasteiger partial charge in [-0.1, -0.05) is 0 Å². The first kappa shape index (κ1) is 23.8. The Labute approximate surface area is 202 Å². The van der Waals surface area contributed by atoms with Crippen molar-refractivity contribution in [2.24, 2.45) is 23.5 Å². The summed E-state index contributed by atoms with van der Waals surface area (Å²) in [7, 11) is 2.07. The molecule has 0 bridgehead atoms. The summed E-state index contributed by atoms with van der Waals surface area (Å²) in [6.07, 6.45) is 0.832. The van der Waals surface area contributed by atoms with Crippen LogP contribution in [0.2, 0.25) is 0 Å². The van der Waals surface area contributed by atoms with Gasteiger partial charge in [-0.05, 0) is 75.9 Å². The predicted octanol–water partition coefficient (Wildman–Crippen LogP) is 0.252. The normalized spacial score (nSPS) is 33.7. The smallest absolute Gasteiger partial charge is 0.230 e. The molecular formula is C25H31N3O7. The Balaban J connectivity index is 1.55. The number of amides is 1. The number of nitrogens with one attached hydrogen (secondary N) is 1. The highest BCUT2D eigenvalue weighted by Crippen LogP contribution is 2.52. The van der Waals surface area contributed by atoms with Gasteiger partial charge < -0.3 is 36.4 Å². The van der Waals surface area contributed by atoms with Crippen LogP contribution in [0.5, 0.6) is 5.75 Å². The Morgan fingerprint density at radius 3 is 2.51 bits per heavy atom. The number of phenolic OH excluding ortho intramolecular Hbond substituents is 1. The number of rotatable bonds is 3. The van der Waals surface area contributed by atoms with Crippen LogP contribution in [0.15, 0.2) is 23.5 Å². The number of nitrogens with zero attached hydrogens (tertiary/aromatic N) is 1. The lowest BCUT2D eigenvalue weighted by atomic mass is 9.58. The first-order valence-corrected chi connectivity index (χ1v) is 12.1. The second-order valence-electron chi connectivity index (χ2n) is 10.4. The maximum atomic E-state index is 13.6. The number of aliphatic hydroxyl groups is 3. The van der Waals surface area contributed by atoms with Gasteiger partial charge in [0.25, 0.3) is 0 Å². The number of hydrogen-bond donors (Lipinski definition) is 6. The number of piperidine rings is 1. The number of carbonyl (C=O) groups excluding carboxylic acids is 3. The fourth-order valence-corrected chi connectivity index (χ4v) is 6.44. The molecule has 1 saturated heterocycles. The average molecular weight is 486 g/mol. The number of primary amides is 1. The van der Waals surface area contributed by atoms with Crippen LogP contribution in [0.3, 0.4) is 0 Å². The molecule has 1 heterocycles. The Morgan fingerprint density at radius 2 is 1.86 bits per heavy atom. The van der Waals surface area contributed by atoms with E-state index in [0.29, 0.717) is 12.0 Å². The van der Waals surface area contributed by atoms with Gasteiger partial charge in [-0.25, -0.2) is 0 Å². The number of anilines is 1. The first-order valence-electron chi connectivity index (χ1n) is 12.1. The number of hydrogen-bond acceptors (Lipinski definition) is 9. The molecule has 188 valence electrons. The van der Waals surface area contributed by atoms with Gasteiger partial charge in [-0.2, -0.15) is 0 Å². The third-order valence-electron chi connectivity index (χ3n) is 8.35. The SMILES string of the molecule is CN1CCC(Nc2ccc(O)c3c2C[C@H]2C[C@H]4CC(O)C(C(N)=O)C(=O)[C@@]4(O)C(O)=C2C3=O)CC1. The number of allylic oxidation sites excluding steroid dienone is 1. The van der Waals surface area contributed by atoms with E-state index in [1.54, 1.807) is 6.07 Å². The van der Waals surface area contributed by atoms with Crippen LogP contribution >= 0.6 is 0 Å². The molecule has 1 aromatic rings. The molecule has 7 N–H and O–H groups in total. The van der Waals surface area contributed by atoms with Gasteiger partial charge in [0.15, 0.2) is 17.2 Å². The van der Waals surface area contributed by atoms with Gasteiger partial charge in [0.05, 0.1) is 11.7 Å².